The Morgan fingerprint density at radius 3 is 1.98 bits per heavy atom. The highest BCUT2D eigenvalue weighted by atomic mass is 32.1. The number of carbonyl (C=O) groups is 4. The van der Waals surface area contributed by atoms with Crippen LogP contribution in [0.3, 0.4) is 0 Å². The fraction of sp³-hybridized carbons (Fsp3) is 0.826. The van der Waals surface area contributed by atoms with Gasteiger partial charge in [0.1, 0.15) is 0 Å². The van der Waals surface area contributed by atoms with Crippen LogP contribution in [0.2, 0.25) is 0 Å². The summed E-state index contributed by atoms with van der Waals surface area (Å²) < 4.78 is 28.1. The molecule has 2 rings (SSSR count). The SMILES string of the molecule is CC(C)C.CCC(C)C(C(CC(=O)N1CCCC1C(OC)C(C)C)OC)N(C)C(=O)CNC(=O)C(C)(C)N(C)CCOCCOCCOCCON.Cc1cccs1.O=CNCCO. The van der Waals surface area contributed by atoms with Crippen LogP contribution in [0, 0.1) is 24.7 Å². The van der Waals surface area contributed by atoms with Gasteiger partial charge in [0.15, 0.2) is 0 Å². The molecule has 5 atom stereocenters. The van der Waals surface area contributed by atoms with E-state index >= 15 is 0 Å². The molecular formula is C46H90N6O11S. The molecule has 4 amide bonds. The van der Waals surface area contributed by atoms with Crippen LogP contribution in [-0.4, -0.2) is 181 Å². The quantitative estimate of drug-likeness (QED) is 0.0508. The van der Waals surface area contributed by atoms with Crippen molar-refractivity contribution in [3.63, 3.8) is 0 Å². The number of aryl methyl sites for hydroxylation is 1. The molecular weight excluding hydrogens is 845 g/mol. The number of rotatable bonds is 29. The van der Waals surface area contributed by atoms with E-state index in [4.69, 9.17) is 34.7 Å². The summed E-state index contributed by atoms with van der Waals surface area (Å²) in [6.45, 7) is 24.9. The normalized spacial score (nSPS) is 15.5. The van der Waals surface area contributed by atoms with Crippen molar-refractivity contribution in [2.75, 3.05) is 107 Å². The van der Waals surface area contributed by atoms with Crippen LogP contribution in [0.15, 0.2) is 17.5 Å². The van der Waals surface area contributed by atoms with Crippen LogP contribution < -0.4 is 16.5 Å². The van der Waals surface area contributed by atoms with Gasteiger partial charge in [-0.2, -0.15) is 0 Å². The molecule has 1 fully saturated rings. The number of ether oxygens (including phenoxy) is 5. The Kier molecular flexibility index (Phi) is 37.9. The maximum atomic E-state index is 13.7. The van der Waals surface area contributed by atoms with Crippen LogP contribution in [0.4, 0.5) is 0 Å². The van der Waals surface area contributed by atoms with Crippen molar-refractivity contribution < 1.29 is 52.8 Å². The number of hydrogen-bond donors (Lipinski definition) is 4. The van der Waals surface area contributed by atoms with Crippen LogP contribution in [0.5, 0.6) is 0 Å². The Bertz CT molecular complexity index is 1310. The monoisotopic (exact) mass is 935 g/mol. The Balaban J connectivity index is 0. The Morgan fingerprint density at radius 2 is 1.56 bits per heavy atom. The molecule has 1 aliphatic heterocycles. The van der Waals surface area contributed by atoms with Crippen molar-refractivity contribution in [2.24, 2.45) is 23.7 Å². The van der Waals surface area contributed by atoms with E-state index in [-0.39, 0.29) is 67.3 Å². The Hall–Kier alpha value is -2.78. The highest BCUT2D eigenvalue weighted by Gasteiger charge is 2.40. The van der Waals surface area contributed by atoms with Crippen LogP contribution in [0.1, 0.15) is 92.9 Å². The molecule has 1 aromatic rings. The first-order valence-corrected chi connectivity index (χ1v) is 23.6. The van der Waals surface area contributed by atoms with Crippen molar-refractivity contribution in [2.45, 2.75) is 125 Å². The predicted molar refractivity (Wildman–Crippen MR) is 255 cm³/mol. The maximum Gasteiger partial charge on any atom is 0.242 e. The van der Waals surface area contributed by atoms with Crippen molar-refractivity contribution in [3.8, 4) is 0 Å². The van der Waals surface area contributed by atoms with Gasteiger partial charge in [-0.25, -0.2) is 5.90 Å². The molecule has 0 aliphatic carbocycles. The molecule has 17 nitrogen and oxygen atoms in total. The van der Waals surface area contributed by atoms with Crippen molar-refractivity contribution in [1.29, 1.82) is 0 Å². The molecule has 2 heterocycles. The molecule has 1 aromatic heterocycles. The summed E-state index contributed by atoms with van der Waals surface area (Å²) >= 11 is 1.78. The average Bonchev–Trinajstić information content (AvgIpc) is 3.95. The third-order valence-corrected chi connectivity index (χ3v) is 11.4. The van der Waals surface area contributed by atoms with Crippen LogP contribution >= 0.6 is 11.3 Å². The molecule has 0 saturated carbocycles. The van der Waals surface area contributed by atoms with Gasteiger partial charge in [-0.15, -0.1) is 11.3 Å². The molecule has 376 valence electrons. The van der Waals surface area contributed by atoms with Gasteiger partial charge < -0.3 is 54.1 Å². The van der Waals surface area contributed by atoms with Gasteiger partial charge in [0, 0.05) is 45.8 Å². The number of thiophene rings is 1. The van der Waals surface area contributed by atoms with Crippen LogP contribution in [0.25, 0.3) is 0 Å². The summed E-state index contributed by atoms with van der Waals surface area (Å²) in [6.07, 6.45) is 2.80. The Morgan fingerprint density at radius 1 is 0.984 bits per heavy atom. The lowest BCUT2D eigenvalue weighted by Crippen LogP contribution is -2.57. The standard InChI is InChI=1S/C34H67N5O9.C5H6S.C4H10.C3H7NO2/c1-11-26(4)31(28(43-9)23-29(40)39-14-12-13-27(39)32(44-10)25(2)3)38(8)30(41)24-36-33(42)34(5,6)37(7)15-16-45-17-18-46-19-20-47-21-22-48-35;1-5-3-2-4-6-5;1-4(2)3;5-2-1-4-3-6/h25-28,31-32H,11-24,35H2,1-10H3,(H,36,42);2-4H,1H3;4H,1-3H3;3,5H,1-2H2,(H,4,6). The molecule has 1 aliphatic rings. The number of hydrogen-bond acceptors (Lipinski definition) is 14. The number of aliphatic hydroxyl groups is 1. The van der Waals surface area contributed by atoms with Gasteiger partial charge in [-0.3, -0.25) is 24.1 Å². The maximum absolute atomic E-state index is 13.7. The number of amides is 4. The van der Waals surface area contributed by atoms with Crippen molar-refractivity contribution >= 4 is 35.5 Å². The van der Waals surface area contributed by atoms with Gasteiger partial charge in [-0.05, 0) is 69.9 Å². The summed E-state index contributed by atoms with van der Waals surface area (Å²) in [6, 6.07) is 3.83. The number of nitrogens with one attached hydrogen (secondary N) is 2. The van der Waals surface area contributed by atoms with E-state index in [1.165, 1.54) is 4.88 Å². The van der Waals surface area contributed by atoms with Gasteiger partial charge in [0.25, 0.3) is 0 Å². The number of likely N-dealkylation sites (N-methyl/N-ethyl adjacent to an activating group) is 2. The van der Waals surface area contributed by atoms with E-state index in [0.29, 0.717) is 72.3 Å². The average molecular weight is 935 g/mol. The van der Waals surface area contributed by atoms with Gasteiger partial charge in [0.2, 0.25) is 24.1 Å². The third-order valence-electron chi connectivity index (χ3n) is 10.6. The van der Waals surface area contributed by atoms with Crippen molar-refractivity contribution in [1.82, 2.24) is 25.3 Å². The molecule has 0 aromatic carbocycles. The first kappa shape index (κ1) is 63.3. The minimum Gasteiger partial charge on any atom is -0.395 e. The Labute approximate surface area is 390 Å². The zero-order chi connectivity index (χ0) is 49.1. The van der Waals surface area contributed by atoms with E-state index < -0.39 is 11.6 Å². The second-order valence-corrected chi connectivity index (χ2v) is 18.4. The second kappa shape index (κ2) is 38.3. The number of likely N-dealkylation sites (tertiary alicyclic amines) is 1. The largest absolute Gasteiger partial charge is 0.395 e. The number of nitrogens with zero attached hydrogens (tertiary/aromatic N) is 3. The highest BCUT2D eigenvalue weighted by Crippen LogP contribution is 2.29. The van der Waals surface area contributed by atoms with E-state index in [0.717, 1.165) is 25.2 Å². The topological polar surface area (TPSA) is 204 Å². The van der Waals surface area contributed by atoms with E-state index in [9.17, 15) is 19.2 Å². The first-order valence-electron chi connectivity index (χ1n) is 22.8. The summed E-state index contributed by atoms with van der Waals surface area (Å²) in [4.78, 5) is 61.0. The third kappa shape index (κ3) is 27.6. The summed E-state index contributed by atoms with van der Waals surface area (Å²) in [5.74, 6) is 5.60. The number of carbonyl (C=O) groups excluding carboxylic acids is 4. The van der Waals surface area contributed by atoms with E-state index in [1.807, 2.05) is 30.7 Å². The first-order chi connectivity index (χ1) is 30.3. The van der Waals surface area contributed by atoms with Gasteiger partial charge in [0.05, 0.1) is 95.7 Å². The number of nitrogens with two attached hydrogens (primary N) is 1. The molecule has 5 unspecified atom stereocenters. The molecule has 64 heavy (non-hydrogen) atoms. The molecule has 0 spiro atoms. The van der Waals surface area contributed by atoms with E-state index in [1.54, 1.807) is 37.5 Å². The minimum absolute atomic E-state index is 0.00960. The molecule has 5 N–H and O–H groups in total. The highest BCUT2D eigenvalue weighted by molar-refractivity contribution is 7.09. The molecule has 1 saturated heterocycles. The summed E-state index contributed by atoms with van der Waals surface area (Å²) in [5.41, 5.74) is -0.886. The molecule has 18 heteroatoms. The van der Waals surface area contributed by atoms with Gasteiger partial charge >= 0.3 is 0 Å². The zero-order valence-electron chi connectivity index (χ0n) is 42.0. The van der Waals surface area contributed by atoms with Crippen molar-refractivity contribution in [3.05, 3.63) is 22.4 Å². The molecule has 0 radical (unpaired) electrons. The molecule has 0 bridgehead atoms. The number of aliphatic hydroxyl groups excluding tert-OH is 1. The lowest BCUT2D eigenvalue weighted by Gasteiger charge is -2.39. The summed E-state index contributed by atoms with van der Waals surface area (Å²) in [7, 11) is 6.86. The smallest absolute Gasteiger partial charge is 0.242 e. The van der Waals surface area contributed by atoms with Crippen LogP contribution in [-0.2, 0) is 47.7 Å². The lowest BCUT2D eigenvalue weighted by molar-refractivity contribution is -0.144. The van der Waals surface area contributed by atoms with E-state index in [2.05, 4.69) is 88.4 Å². The summed E-state index contributed by atoms with van der Waals surface area (Å²) in [5, 5.41) is 15.1. The minimum atomic E-state index is -0.886. The van der Waals surface area contributed by atoms with Gasteiger partial charge in [-0.1, -0.05) is 61.0 Å². The second-order valence-electron chi connectivity index (χ2n) is 17.2. The number of methoxy groups -OCH3 is 2. The lowest BCUT2D eigenvalue weighted by atomic mass is 9.90. The fourth-order valence-electron chi connectivity index (χ4n) is 6.64. The fourth-order valence-corrected chi connectivity index (χ4v) is 7.17. The predicted octanol–water partition coefficient (Wildman–Crippen LogP) is 4.14. The zero-order valence-corrected chi connectivity index (χ0v) is 42.8.